The number of hydrogen-bond donors (Lipinski definition) is 1. The molecule has 0 unspecified atom stereocenters. The lowest BCUT2D eigenvalue weighted by Gasteiger charge is -2.18. The Bertz CT molecular complexity index is 777. The molecule has 0 aliphatic carbocycles. The van der Waals surface area contributed by atoms with Crippen molar-refractivity contribution in [2.75, 3.05) is 20.7 Å². The Kier molecular flexibility index (Phi) is 6.11. The van der Waals surface area contributed by atoms with Gasteiger partial charge in [-0.1, -0.05) is 24.3 Å². The summed E-state index contributed by atoms with van der Waals surface area (Å²) in [7, 11) is 3.00. The lowest BCUT2D eigenvalue weighted by Crippen LogP contribution is -2.38. The zero-order valence-electron chi connectivity index (χ0n) is 14.5. The van der Waals surface area contributed by atoms with Crippen molar-refractivity contribution in [3.63, 3.8) is 0 Å². The standard InChI is InChI=1S/C19H21FN2O3/c1-13-6-4-5-7-15(13)19(24)21-11-18(23)22(2)12-14-8-9-17(25-3)16(20)10-14/h4-10H,11-12H2,1-3H3,(H,21,24). The van der Waals surface area contributed by atoms with E-state index in [1.54, 1.807) is 25.2 Å². The van der Waals surface area contributed by atoms with Gasteiger partial charge in [0.1, 0.15) is 0 Å². The van der Waals surface area contributed by atoms with Gasteiger partial charge in [0.25, 0.3) is 5.91 Å². The van der Waals surface area contributed by atoms with Crippen LogP contribution in [-0.4, -0.2) is 37.4 Å². The highest BCUT2D eigenvalue weighted by Gasteiger charge is 2.14. The molecule has 0 atom stereocenters. The maximum atomic E-state index is 13.7. The van der Waals surface area contributed by atoms with Crippen LogP contribution in [0.5, 0.6) is 5.75 Å². The first-order valence-corrected chi connectivity index (χ1v) is 7.82. The average molecular weight is 344 g/mol. The number of likely N-dealkylation sites (N-methyl/N-ethyl adjacent to an activating group) is 1. The van der Waals surface area contributed by atoms with Gasteiger partial charge in [-0.2, -0.15) is 0 Å². The number of benzene rings is 2. The van der Waals surface area contributed by atoms with Gasteiger partial charge in [0.05, 0.1) is 13.7 Å². The molecule has 0 fully saturated rings. The fraction of sp³-hybridized carbons (Fsp3) is 0.263. The minimum Gasteiger partial charge on any atom is -0.494 e. The molecule has 0 saturated carbocycles. The van der Waals surface area contributed by atoms with Crippen molar-refractivity contribution >= 4 is 11.8 Å². The predicted molar refractivity (Wildman–Crippen MR) is 92.9 cm³/mol. The van der Waals surface area contributed by atoms with E-state index in [0.717, 1.165) is 5.56 Å². The number of aryl methyl sites for hydroxylation is 1. The van der Waals surface area contributed by atoms with E-state index < -0.39 is 5.82 Å². The maximum absolute atomic E-state index is 13.7. The molecular weight excluding hydrogens is 323 g/mol. The number of halogens is 1. The third-order valence-electron chi connectivity index (χ3n) is 3.85. The molecule has 132 valence electrons. The van der Waals surface area contributed by atoms with Gasteiger partial charge in [-0.05, 0) is 36.2 Å². The van der Waals surface area contributed by atoms with Crippen molar-refractivity contribution < 1.29 is 18.7 Å². The summed E-state index contributed by atoms with van der Waals surface area (Å²) in [5, 5.41) is 2.61. The van der Waals surface area contributed by atoms with Crippen LogP contribution in [0.15, 0.2) is 42.5 Å². The van der Waals surface area contributed by atoms with E-state index in [2.05, 4.69) is 5.32 Å². The summed E-state index contributed by atoms with van der Waals surface area (Å²) in [6.07, 6.45) is 0. The normalized spacial score (nSPS) is 10.2. The molecule has 2 aromatic carbocycles. The SMILES string of the molecule is COc1ccc(CN(C)C(=O)CNC(=O)c2ccccc2C)cc1F. The highest BCUT2D eigenvalue weighted by molar-refractivity contribution is 5.97. The van der Waals surface area contributed by atoms with Gasteiger partial charge < -0.3 is 15.0 Å². The molecule has 1 N–H and O–H groups in total. The Morgan fingerprint density at radius 2 is 1.92 bits per heavy atom. The van der Waals surface area contributed by atoms with Crippen LogP contribution in [0.2, 0.25) is 0 Å². The molecular formula is C19H21FN2O3. The lowest BCUT2D eigenvalue weighted by atomic mass is 10.1. The molecule has 2 aromatic rings. The number of methoxy groups -OCH3 is 1. The Morgan fingerprint density at radius 3 is 2.56 bits per heavy atom. The van der Waals surface area contributed by atoms with Gasteiger partial charge in [-0.25, -0.2) is 4.39 Å². The molecule has 5 nitrogen and oxygen atoms in total. The summed E-state index contributed by atoms with van der Waals surface area (Å²) in [5.41, 5.74) is 2.02. The summed E-state index contributed by atoms with van der Waals surface area (Å²) in [5.74, 6) is -0.884. The van der Waals surface area contributed by atoms with Crippen LogP contribution >= 0.6 is 0 Å². The van der Waals surface area contributed by atoms with Crippen molar-refractivity contribution in [2.45, 2.75) is 13.5 Å². The van der Waals surface area contributed by atoms with Crippen LogP contribution in [0.1, 0.15) is 21.5 Å². The first-order valence-electron chi connectivity index (χ1n) is 7.82. The van der Waals surface area contributed by atoms with Crippen molar-refractivity contribution in [1.29, 1.82) is 0 Å². The van der Waals surface area contributed by atoms with Gasteiger partial charge in [-0.3, -0.25) is 9.59 Å². The van der Waals surface area contributed by atoms with E-state index in [9.17, 15) is 14.0 Å². The van der Waals surface area contributed by atoms with Crippen LogP contribution in [0, 0.1) is 12.7 Å². The molecule has 0 aromatic heterocycles. The number of carbonyl (C=O) groups is 2. The summed E-state index contributed by atoms with van der Waals surface area (Å²) < 4.78 is 18.6. The number of nitrogens with one attached hydrogen (secondary N) is 1. The molecule has 6 heteroatoms. The van der Waals surface area contributed by atoms with Crippen LogP contribution in [0.4, 0.5) is 4.39 Å². The van der Waals surface area contributed by atoms with Crippen molar-refractivity contribution in [1.82, 2.24) is 10.2 Å². The summed E-state index contributed by atoms with van der Waals surface area (Å²) >= 11 is 0. The van der Waals surface area contributed by atoms with Gasteiger partial charge >= 0.3 is 0 Å². The zero-order valence-corrected chi connectivity index (χ0v) is 14.5. The second-order valence-electron chi connectivity index (χ2n) is 5.72. The fourth-order valence-electron chi connectivity index (χ4n) is 2.38. The summed E-state index contributed by atoms with van der Waals surface area (Å²) in [6.45, 7) is 1.95. The van der Waals surface area contributed by atoms with Crippen LogP contribution in [0.25, 0.3) is 0 Å². The molecule has 2 amide bonds. The highest BCUT2D eigenvalue weighted by atomic mass is 19.1. The van der Waals surface area contributed by atoms with E-state index in [1.807, 2.05) is 19.1 Å². The lowest BCUT2D eigenvalue weighted by molar-refractivity contribution is -0.129. The predicted octanol–water partition coefficient (Wildman–Crippen LogP) is 2.53. The van der Waals surface area contributed by atoms with Gasteiger partial charge in [0.15, 0.2) is 11.6 Å². The van der Waals surface area contributed by atoms with Crippen LogP contribution in [0.3, 0.4) is 0 Å². The van der Waals surface area contributed by atoms with E-state index in [0.29, 0.717) is 11.1 Å². The first-order chi connectivity index (χ1) is 11.9. The summed E-state index contributed by atoms with van der Waals surface area (Å²) in [4.78, 5) is 25.7. The van der Waals surface area contributed by atoms with E-state index >= 15 is 0 Å². The average Bonchev–Trinajstić information content (AvgIpc) is 2.60. The van der Waals surface area contributed by atoms with Gasteiger partial charge in [0, 0.05) is 19.2 Å². The van der Waals surface area contributed by atoms with Gasteiger partial charge in [0.2, 0.25) is 5.91 Å². The Balaban J connectivity index is 1.91. The molecule has 0 aliphatic heterocycles. The van der Waals surface area contributed by atoms with Crippen molar-refractivity contribution in [3.05, 3.63) is 65.0 Å². The molecule has 0 radical (unpaired) electrons. The molecule has 0 saturated heterocycles. The van der Waals surface area contributed by atoms with Gasteiger partial charge in [-0.15, -0.1) is 0 Å². The minimum absolute atomic E-state index is 0.123. The summed E-state index contributed by atoms with van der Waals surface area (Å²) in [6, 6.07) is 11.7. The van der Waals surface area contributed by atoms with E-state index in [-0.39, 0.29) is 30.7 Å². The van der Waals surface area contributed by atoms with Crippen LogP contribution in [-0.2, 0) is 11.3 Å². The molecule has 2 rings (SSSR count). The molecule has 0 spiro atoms. The second-order valence-corrected chi connectivity index (χ2v) is 5.72. The number of carbonyl (C=O) groups excluding carboxylic acids is 2. The monoisotopic (exact) mass is 344 g/mol. The number of hydrogen-bond acceptors (Lipinski definition) is 3. The van der Waals surface area contributed by atoms with Crippen molar-refractivity contribution in [2.24, 2.45) is 0 Å². The largest absolute Gasteiger partial charge is 0.494 e. The third kappa shape index (κ3) is 4.79. The smallest absolute Gasteiger partial charge is 0.251 e. The van der Waals surface area contributed by atoms with Crippen LogP contribution < -0.4 is 10.1 Å². The Hall–Kier alpha value is -2.89. The quantitative estimate of drug-likeness (QED) is 0.876. The number of ether oxygens (including phenoxy) is 1. The van der Waals surface area contributed by atoms with Crippen molar-refractivity contribution in [3.8, 4) is 5.75 Å². The Morgan fingerprint density at radius 1 is 1.20 bits per heavy atom. The molecule has 0 bridgehead atoms. The molecule has 25 heavy (non-hydrogen) atoms. The maximum Gasteiger partial charge on any atom is 0.251 e. The fourth-order valence-corrected chi connectivity index (χ4v) is 2.38. The topological polar surface area (TPSA) is 58.6 Å². The number of rotatable bonds is 6. The first kappa shape index (κ1) is 18.4. The third-order valence-corrected chi connectivity index (χ3v) is 3.85. The zero-order chi connectivity index (χ0) is 18.4. The molecule has 0 aliphatic rings. The Labute approximate surface area is 146 Å². The minimum atomic E-state index is -0.478. The van der Waals surface area contributed by atoms with E-state index in [4.69, 9.17) is 4.74 Å². The number of nitrogens with zero attached hydrogens (tertiary/aromatic N) is 1. The number of amides is 2. The second kappa shape index (κ2) is 8.28. The molecule has 0 heterocycles. The van der Waals surface area contributed by atoms with E-state index in [1.165, 1.54) is 24.1 Å². The highest BCUT2D eigenvalue weighted by Crippen LogP contribution is 2.18.